The molecule has 1 N–H and O–H groups in total. The zero-order chi connectivity index (χ0) is 20.1. The lowest BCUT2D eigenvalue weighted by Gasteiger charge is -2.10. The smallest absolute Gasteiger partial charge is 0.209 e. The fourth-order valence-corrected chi connectivity index (χ4v) is 3.36. The Bertz CT molecular complexity index is 1470. The molecule has 29 heavy (non-hydrogen) atoms. The zero-order valence-electron chi connectivity index (χ0n) is 15.6. The predicted molar refractivity (Wildman–Crippen MR) is 108 cm³/mol. The van der Waals surface area contributed by atoms with Crippen molar-refractivity contribution in [3.63, 3.8) is 0 Å². The molecule has 1 aromatic carbocycles. The minimum atomic E-state index is -0.465. The molecular formula is C21H15FN6O. The van der Waals surface area contributed by atoms with E-state index in [0.29, 0.717) is 33.7 Å². The average molecular weight is 386 g/mol. The number of aryl methyl sites for hydroxylation is 2. The molecule has 0 spiro atoms. The second-order valence-electron chi connectivity index (χ2n) is 6.88. The summed E-state index contributed by atoms with van der Waals surface area (Å²) in [4.78, 5) is 28.6. The van der Waals surface area contributed by atoms with Crippen LogP contribution in [0.15, 0.2) is 53.7 Å². The molecule has 0 amide bonds. The first-order chi connectivity index (χ1) is 14.0. The highest BCUT2D eigenvalue weighted by Crippen LogP contribution is 2.32. The summed E-state index contributed by atoms with van der Waals surface area (Å²) in [7, 11) is 1.80. The average Bonchev–Trinajstić information content (AvgIpc) is 3.13. The molecule has 0 unspecified atom stereocenters. The van der Waals surface area contributed by atoms with Crippen LogP contribution in [0.4, 0.5) is 4.39 Å². The normalized spacial score (nSPS) is 11.4. The van der Waals surface area contributed by atoms with Crippen LogP contribution in [0.1, 0.15) is 5.56 Å². The lowest BCUT2D eigenvalue weighted by molar-refractivity contribution is 0.637. The fourth-order valence-electron chi connectivity index (χ4n) is 3.36. The van der Waals surface area contributed by atoms with Crippen LogP contribution in [-0.2, 0) is 7.05 Å². The second kappa shape index (κ2) is 6.30. The number of fused-ring (bicyclic) bond motifs is 2. The summed E-state index contributed by atoms with van der Waals surface area (Å²) in [6.45, 7) is 1.89. The Labute approximate surface area is 163 Å². The van der Waals surface area contributed by atoms with E-state index in [1.165, 1.54) is 18.3 Å². The van der Waals surface area contributed by atoms with E-state index in [1.807, 2.05) is 13.0 Å². The van der Waals surface area contributed by atoms with Gasteiger partial charge in [0.25, 0.3) is 0 Å². The van der Waals surface area contributed by atoms with Gasteiger partial charge in [-0.3, -0.25) is 14.5 Å². The number of aromatic amines is 1. The lowest BCUT2D eigenvalue weighted by atomic mass is 10.0. The van der Waals surface area contributed by atoms with Crippen molar-refractivity contribution in [1.29, 1.82) is 0 Å². The van der Waals surface area contributed by atoms with E-state index in [2.05, 4.69) is 25.0 Å². The van der Waals surface area contributed by atoms with Crippen molar-refractivity contribution in [2.45, 2.75) is 6.92 Å². The zero-order valence-corrected chi connectivity index (χ0v) is 15.6. The first-order valence-corrected chi connectivity index (χ1v) is 8.95. The summed E-state index contributed by atoms with van der Waals surface area (Å²) >= 11 is 0. The van der Waals surface area contributed by atoms with Crippen molar-refractivity contribution in [3.8, 4) is 22.6 Å². The molecule has 0 atom stereocenters. The summed E-state index contributed by atoms with van der Waals surface area (Å²) in [5, 5.41) is 5.06. The predicted octanol–water partition coefficient (Wildman–Crippen LogP) is 3.38. The number of nitrogens with zero attached hydrogens (tertiary/aromatic N) is 5. The molecule has 4 aromatic heterocycles. The van der Waals surface area contributed by atoms with Gasteiger partial charge in [0.15, 0.2) is 11.2 Å². The summed E-state index contributed by atoms with van der Waals surface area (Å²) in [6.07, 6.45) is 4.93. The monoisotopic (exact) mass is 386 g/mol. The van der Waals surface area contributed by atoms with Crippen molar-refractivity contribution < 1.29 is 4.39 Å². The van der Waals surface area contributed by atoms with Gasteiger partial charge in [0.1, 0.15) is 22.7 Å². The minimum absolute atomic E-state index is 0.185. The lowest BCUT2D eigenvalue weighted by Crippen LogP contribution is -2.07. The summed E-state index contributed by atoms with van der Waals surface area (Å²) in [5.41, 5.74) is 3.38. The summed E-state index contributed by atoms with van der Waals surface area (Å²) in [5.74, 6) is -0.465. The third-order valence-corrected chi connectivity index (χ3v) is 4.69. The quantitative estimate of drug-likeness (QED) is 0.502. The molecule has 7 nitrogen and oxygen atoms in total. The Kier molecular flexibility index (Phi) is 3.73. The van der Waals surface area contributed by atoms with E-state index in [1.54, 1.807) is 36.3 Å². The van der Waals surface area contributed by atoms with Gasteiger partial charge in [0, 0.05) is 42.7 Å². The number of H-pyrrole nitrogens is 1. The Balaban J connectivity index is 1.87. The SMILES string of the molecule is Cc1cnc2c(F)cc(-c3nc4c(=O)cc[nH]c4nc3-c3ccn(C)n3)cc2c1. The molecule has 0 saturated carbocycles. The standard InChI is InChI=1S/C21H15FN6O/c1-11-7-12-8-13(9-14(22)17(12)24-10-11)18-19(15-4-6-28(2)27-15)26-21-20(25-18)16(29)3-5-23-21/h3-10H,1-2H3,(H,23,26,29). The maximum atomic E-state index is 14.8. The van der Waals surface area contributed by atoms with Gasteiger partial charge >= 0.3 is 0 Å². The highest BCUT2D eigenvalue weighted by atomic mass is 19.1. The molecule has 5 rings (SSSR count). The Morgan fingerprint density at radius 2 is 1.93 bits per heavy atom. The largest absolute Gasteiger partial charge is 0.345 e. The maximum absolute atomic E-state index is 14.8. The number of hydrogen-bond donors (Lipinski definition) is 1. The van der Waals surface area contributed by atoms with Crippen LogP contribution in [0.5, 0.6) is 0 Å². The van der Waals surface area contributed by atoms with Crippen molar-refractivity contribution in [2.75, 3.05) is 0 Å². The third-order valence-electron chi connectivity index (χ3n) is 4.69. The molecule has 0 saturated heterocycles. The van der Waals surface area contributed by atoms with Crippen LogP contribution >= 0.6 is 0 Å². The summed E-state index contributed by atoms with van der Waals surface area (Å²) in [6, 6.07) is 8.21. The molecule has 0 fully saturated rings. The van der Waals surface area contributed by atoms with Gasteiger partial charge in [-0.05, 0) is 36.8 Å². The second-order valence-corrected chi connectivity index (χ2v) is 6.88. The fraction of sp³-hybridized carbons (Fsp3) is 0.0952. The van der Waals surface area contributed by atoms with Gasteiger partial charge in [-0.1, -0.05) is 0 Å². The number of rotatable bonds is 2. The van der Waals surface area contributed by atoms with E-state index in [0.717, 1.165) is 5.56 Å². The van der Waals surface area contributed by atoms with Crippen molar-refractivity contribution in [2.24, 2.45) is 7.05 Å². The van der Waals surface area contributed by atoms with Gasteiger partial charge < -0.3 is 4.98 Å². The molecule has 0 radical (unpaired) electrons. The molecule has 0 aliphatic heterocycles. The first-order valence-electron chi connectivity index (χ1n) is 8.95. The number of hydrogen-bond acceptors (Lipinski definition) is 5. The van der Waals surface area contributed by atoms with E-state index in [4.69, 9.17) is 0 Å². The Morgan fingerprint density at radius 3 is 2.72 bits per heavy atom. The van der Waals surface area contributed by atoms with Crippen LogP contribution in [0, 0.1) is 12.7 Å². The van der Waals surface area contributed by atoms with Crippen molar-refractivity contribution in [1.82, 2.24) is 29.7 Å². The highest BCUT2D eigenvalue weighted by molar-refractivity contribution is 5.89. The number of halogens is 1. The molecular weight excluding hydrogens is 371 g/mol. The minimum Gasteiger partial charge on any atom is -0.345 e. The highest BCUT2D eigenvalue weighted by Gasteiger charge is 2.18. The molecule has 0 aliphatic rings. The van der Waals surface area contributed by atoms with Crippen molar-refractivity contribution >= 4 is 22.1 Å². The van der Waals surface area contributed by atoms with Gasteiger partial charge in [0.2, 0.25) is 5.43 Å². The van der Waals surface area contributed by atoms with Crippen LogP contribution < -0.4 is 5.43 Å². The van der Waals surface area contributed by atoms with Gasteiger partial charge in [0.05, 0.1) is 5.69 Å². The van der Waals surface area contributed by atoms with Gasteiger partial charge in [-0.25, -0.2) is 14.4 Å². The van der Waals surface area contributed by atoms with Crippen LogP contribution in [0.2, 0.25) is 0 Å². The first kappa shape index (κ1) is 17.2. The number of pyridine rings is 2. The van der Waals surface area contributed by atoms with E-state index >= 15 is 0 Å². The van der Waals surface area contributed by atoms with E-state index in [-0.39, 0.29) is 16.5 Å². The number of benzene rings is 1. The topological polar surface area (TPSA) is 89.4 Å². The van der Waals surface area contributed by atoms with Crippen molar-refractivity contribution in [3.05, 3.63) is 70.5 Å². The molecule has 5 aromatic rings. The Hall–Kier alpha value is -3.94. The summed E-state index contributed by atoms with van der Waals surface area (Å²) < 4.78 is 16.4. The van der Waals surface area contributed by atoms with Crippen LogP contribution in [-0.4, -0.2) is 29.7 Å². The van der Waals surface area contributed by atoms with Crippen LogP contribution in [0.25, 0.3) is 44.7 Å². The third kappa shape index (κ3) is 2.85. The molecule has 0 bridgehead atoms. The molecule has 142 valence electrons. The van der Waals surface area contributed by atoms with Gasteiger partial charge in [-0.2, -0.15) is 5.10 Å². The molecule has 8 heteroatoms. The van der Waals surface area contributed by atoms with E-state index < -0.39 is 5.82 Å². The molecule has 0 aliphatic carbocycles. The number of aromatic nitrogens is 6. The molecule has 4 heterocycles. The van der Waals surface area contributed by atoms with Crippen LogP contribution in [0.3, 0.4) is 0 Å². The van der Waals surface area contributed by atoms with Gasteiger partial charge in [-0.15, -0.1) is 0 Å². The van der Waals surface area contributed by atoms with E-state index in [9.17, 15) is 9.18 Å². The number of nitrogens with one attached hydrogen (secondary N) is 1. The Morgan fingerprint density at radius 1 is 1.07 bits per heavy atom. The maximum Gasteiger partial charge on any atom is 0.209 e.